The number of H-pyrrole nitrogens is 1. The van der Waals surface area contributed by atoms with Crippen molar-refractivity contribution in [2.24, 2.45) is 11.8 Å². The van der Waals surface area contributed by atoms with Crippen molar-refractivity contribution in [1.82, 2.24) is 4.98 Å². The first kappa shape index (κ1) is 8.65. The van der Waals surface area contributed by atoms with Crippen LogP contribution in [-0.4, -0.2) is 10.2 Å². The Kier molecular flexibility index (Phi) is 1.61. The number of aromatic nitrogens is 1. The van der Waals surface area contributed by atoms with Crippen molar-refractivity contribution < 1.29 is 0 Å². The summed E-state index contributed by atoms with van der Waals surface area (Å²) in [6, 6.07) is 0. The van der Waals surface area contributed by atoms with Crippen molar-refractivity contribution in [3.8, 4) is 0 Å². The van der Waals surface area contributed by atoms with Gasteiger partial charge in [-0.1, -0.05) is 28.7 Å². The molecule has 0 aromatic carbocycles. The van der Waals surface area contributed by atoms with Crippen LogP contribution in [0.1, 0.15) is 24.1 Å². The fraction of sp³-hybridized carbons (Fsp3) is 0.545. The largest absolute Gasteiger partial charge is 0.307 e. The molecule has 2 saturated carbocycles. The number of fused-ring (bicyclic) bond motifs is 6. The van der Waals surface area contributed by atoms with E-state index in [2.05, 4.69) is 11.1 Å². The molecule has 2 nitrogen and oxygen atoms in total. The van der Waals surface area contributed by atoms with E-state index < -0.39 is 0 Å². The molecular formula is C11H11NOS2. The topological polar surface area (TPSA) is 32.9 Å². The van der Waals surface area contributed by atoms with Crippen molar-refractivity contribution in [1.29, 1.82) is 0 Å². The molecule has 0 amide bonds. The van der Waals surface area contributed by atoms with Crippen molar-refractivity contribution in [3.05, 3.63) is 20.1 Å². The first-order valence-electron chi connectivity index (χ1n) is 5.42. The van der Waals surface area contributed by atoms with Crippen LogP contribution >= 0.6 is 23.1 Å². The van der Waals surface area contributed by atoms with Crippen LogP contribution in [0.15, 0.2) is 15.4 Å². The molecule has 1 aliphatic heterocycles. The Morgan fingerprint density at radius 1 is 1.40 bits per heavy atom. The monoisotopic (exact) mass is 237 g/mol. The smallest absolute Gasteiger partial charge is 0.305 e. The molecule has 1 aromatic rings. The van der Waals surface area contributed by atoms with E-state index in [4.69, 9.17) is 0 Å². The van der Waals surface area contributed by atoms with Crippen molar-refractivity contribution in [2.45, 2.75) is 29.5 Å². The lowest BCUT2D eigenvalue weighted by Gasteiger charge is -2.27. The molecule has 78 valence electrons. The van der Waals surface area contributed by atoms with Crippen LogP contribution < -0.4 is 4.87 Å². The number of thioether (sulfide) groups is 1. The molecule has 2 heterocycles. The van der Waals surface area contributed by atoms with Crippen LogP contribution in [0.25, 0.3) is 6.08 Å². The minimum atomic E-state index is 0.0941. The van der Waals surface area contributed by atoms with Gasteiger partial charge in [-0.15, -0.1) is 0 Å². The number of rotatable bonds is 0. The maximum absolute atomic E-state index is 11.3. The molecule has 1 N–H and O–H groups in total. The Hall–Kier alpha value is -0.480. The van der Waals surface area contributed by atoms with Gasteiger partial charge in [0.2, 0.25) is 0 Å². The van der Waals surface area contributed by atoms with E-state index in [1.165, 1.54) is 35.5 Å². The predicted octanol–water partition coefficient (Wildman–Crippen LogP) is 2.72. The Morgan fingerprint density at radius 3 is 3.27 bits per heavy atom. The summed E-state index contributed by atoms with van der Waals surface area (Å²) < 4.78 is 0. The maximum atomic E-state index is 11.3. The standard InChI is InChI=1S/C11H11NOS2/c13-11-12-10-8(14-11)4-7-5-1-2-6(3-5)9(7)15-10/h4-6,9H,1-3H2,(H,12,13)/t5-,6-,9-/m0/s1. The number of hydrogen-bond acceptors (Lipinski definition) is 3. The summed E-state index contributed by atoms with van der Waals surface area (Å²) in [4.78, 5) is 15.5. The van der Waals surface area contributed by atoms with Gasteiger partial charge in [-0.3, -0.25) is 4.79 Å². The van der Waals surface area contributed by atoms with Gasteiger partial charge in [0.15, 0.2) is 0 Å². The highest BCUT2D eigenvalue weighted by atomic mass is 32.2. The zero-order valence-corrected chi connectivity index (χ0v) is 9.79. The lowest BCUT2D eigenvalue weighted by atomic mass is 9.93. The number of hydrogen-bond donors (Lipinski definition) is 1. The summed E-state index contributed by atoms with van der Waals surface area (Å²) in [5.41, 5.74) is 1.62. The summed E-state index contributed by atoms with van der Waals surface area (Å²) in [6.07, 6.45) is 6.46. The van der Waals surface area contributed by atoms with Gasteiger partial charge in [0.25, 0.3) is 0 Å². The quantitative estimate of drug-likeness (QED) is 0.752. The zero-order chi connectivity index (χ0) is 9.99. The molecule has 2 fully saturated rings. The molecule has 4 heteroatoms. The van der Waals surface area contributed by atoms with E-state index in [1.54, 1.807) is 5.57 Å². The number of nitrogens with one attached hydrogen (secondary N) is 1. The Balaban J connectivity index is 1.88. The lowest BCUT2D eigenvalue weighted by Crippen LogP contribution is -2.18. The molecule has 3 atom stereocenters. The van der Waals surface area contributed by atoms with E-state index in [0.29, 0.717) is 5.25 Å². The first-order valence-corrected chi connectivity index (χ1v) is 7.12. The second-order valence-corrected chi connectivity index (χ2v) is 6.83. The van der Waals surface area contributed by atoms with Gasteiger partial charge in [0, 0.05) is 5.25 Å². The summed E-state index contributed by atoms with van der Waals surface area (Å²) in [7, 11) is 0. The van der Waals surface area contributed by atoms with E-state index in [-0.39, 0.29) is 4.87 Å². The molecule has 1 aromatic heterocycles. The van der Waals surface area contributed by atoms with Crippen LogP contribution in [0.2, 0.25) is 0 Å². The molecular weight excluding hydrogens is 226 g/mol. The van der Waals surface area contributed by atoms with Crippen molar-refractivity contribution in [2.75, 3.05) is 0 Å². The van der Waals surface area contributed by atoms with Gasteiger partial charge in [0.1, 0.15) is 0 Å². The molecule has 2 bridgehead atoms. The average Bonchev–Trinajstić information content (AvgIpc) is 2.85. The van der Waals surface area contributed by atoms with Gasteiger partial charge in [-0.25, -0.2) is 0 Å². The Morgan fingerprint density at radius 2 is 2.33 bits per heavy atom. The highest BCUT2D eigenvalue weighted by Gasteiger charge is 2.45. The van der Waals surface area contributed by atoms with Crippen molar-refractivity contribution >= 4 is 29.2 Å². The van der Waals surface area contributed by atoms with Crippen LogP contribution in [0.3, 0.4) is 0 Å². The number of thiazole rings is 1. The summed E-state index contributed by atoms with van der Waals surface area (Å²) in [6.45, 7) is 0. The molecule has 0 unspecified atom stereocenters. The molecule has 4 rings (SSSR count). The predicted molar refractivity (Wildman–Crippen MR) is 63.4 cm³/mol. The SMILES string of the molecule is O=c1[nH]c2c(s1)C=C1[C@H]3CC[C@@H](C3)[C@@H]1S2. The lowest BCUT2D eigenvalue weighted by molar-refractivity contribution is 0.573. The van der Waals surface area contributed by atoms with E-state index >= 15 is 0 Å². The highest BCUT2D eigenvalue weighted by Crippen LogP contribution is 2.57. The highest BCUT2D eigenvalue weighted by molar-refractivity contribution is 8.00. The van der Waals surface area contributed by atoms with Crippen molar-refractivity contribution in [3.63, 3.8) is 0 Å². The molecule has 15 heavy (non-hydrogen) atoms. The van der Waals surface area contributed by atoms with Crippen LogP contribution in [0.5, 0.6) is 0 Å². The van der Waals surface area contributed by atoms with Gasteiger partial charge in [0.05, 0.1) is 9.90 Å². The Bertz CT molecular complexity index is 513. The number of aromatic amines is 1. The van der Waals surface area contributed by atoms with E-state index in [1.807, 2.05) is 11.8 Å². The minimum absolute atomic E-state index is 0.0941. The zero-order valence-electron chi connectivity index (χ0n) is 8.16. The minimum Gasteiger partial charge on any atom is -0.307 e. The van der Waals surface area contributed by atoms with Crippen LogP contribution in [0, 0.1) is 11.8 Å². The molecule has 0 saturated heterocycles. The molecule has 0 spiro atoms. The van der Waals surface area contributed by atoms with E-state index in [9.17, 15) is 4.79 Å². The third-order valence-corrected chi connectivity index (χ3v) is 6.31. The fourth-order valence-corrected chi connectivity index (χ4v) is 5.69. The second kappa shape index (κ2) is 2.80. The fourth-order valence-electron chi connectivity index (χ4n) is 3.25. The summed E-state index contributed by atoms with van der Waals surface area (Å²) in [5, 5.41) is 1.80. The van der Waals surface area contributed by atoms with Crippen LogP contribution in [0.4, 0.5) is 0 Å². The molecule has 0 radical (unpaired) electrons. The molecule has 3 aliphatic rings. The van der Waals surface area contributed by atoms with E-state index in [0.717, 1.165) is 16.9 Å². The normalized spacial score (nSPS) is 36.3. The second-order valence-electron chi connectivity index (χ2n) is 4.66. The summed E-state index contributed by atoms with van der Waals surface area (Å²) >= 11 is 3.26. The first-order chi connectivity index (χ1) is 7.31. The van der Waals surface area contributed by atoms with Gasteiger partial charge < -0.3 is 4.98 Å². The Labute approximate surface area is 95.8 Å². The third-order valence-electron chi connectivity index (χ3n) is 3.89. The van der Waals surface area contributed by atoms with Crippen LogP contribution in [-0.2, 0) is 0 Å². The molecule has 2 aliphatic carbocycles. The summed E-state index contributed by atoms with van der Waals surface area (Å²) in [5.74, 6) is 1.71. The van der Waals surface area contributed by atoms with Gasteiger partial charge >= 0.3 is 4.87 Å². The maximum Gasteiger partial charge on any atom is 0.305 e. The third kappa shape index (κ3) is 1.09. The van der Waals surface area contributed by atoms with Gasteiger partial charge in [-0.2, -0.15) is 0 Å². The average molecular weight is 237 g/mol. The van der Waals surface area contributed by atoms with Gasteiger partial charge in [-0.05, 0) is 37.2 Å².